The van der Waals surface area contributed by atoms with Crippen LogP contribution in [0.2, 0.25) is 0 Å². The van der Waals surface area contributed by atoms with E-state index in [1.165, 1.54) is 22.6 Å². The number of pyridine rings is 1. The van der Waals surface area contributed by atoms with Crippen molar-refractivity contribution < 1.29 is 22.7 Å². The molecule has 0 bridgehead atoms. The Hall–Kier alpha value is -3.28. The van der Waals surface area contributed by atoms with E-state index in [1.807, 2.05) is 13.8 Å². The fourth-order valence-electron chi connectivity index (χ4n) is 3.31. The van der Waals surface area contributed by atoms with Gasteiger partial charge in [-0.15, -0.1) is 0 Å². The van der Waals surface area contributed by atoms with Gasteiger partial charge in [0.15, 0.2) is 5.82 Å². The lowest BCUT2D eigenvalue weighted by atomic mass is 10.2. The molecule has 0 radical (unpaired) electrons. The minimum absolute atomic E-state index is 0.0722. The number of hydrogen-bond donors (Lipinski definition) is 1. The summed E-state index contributed by atoms with van der Waals surface area (Å²) in [6, 6.07) is 9.53. The lowest BCUT2D eigenvalue weighted by Crippen LogP contribution is -2.40. The molecule has 174 valence electrons. The molecular formula is C22H25N5O5S. The number of ether oxygens (including phenoxy) is 2. The van der Waals surface area contributed by atoms with Crippen molar-refractivity contribution in [1.29, 1.82) is 0 Å². The summed E-state index contributed by atoms with van der Waals surface area (Å²) < 4.78 is 40.2. The van der Waals surface area contributed by atoms with Gasteiger partial charge in [-0.05, 0) is 50.2 Å². The van der Waals surface area contributed by atoms with Gasteiger partial charge in [-0.25, -0.2) is 18.1 Å². The summed E-state index contributed by atoms with van der Waals surface area (Å²) in [5.41, 5.74) is 0.571. The van der Waals surface area contributed by atoms with Crippen molar-refractivity contribution in [2.45, 2.75) is 24.8 Å². The maximum atomic E-state index is 13.1. The quantitative estimate of drug-likeness (QED) is 0.562. The molecule has 2 aromatic heterocycles. The standard InChI is InChI=1S/C22H25N5O5S/c1-16(2)32-20-6-5-18(33(29,30)26-10-12-31-13-11-26)14-19(20)25-22(28)17-4-7-21(23-15-17)27-9-3-8-24-27/h3-9,14-16H,10-13H2,1-2H3,(H,25,28). The summed E-state index contributed by atoms with van der Waals surface area (Å²) in [6.45, 7) is 4.95. The highest BCUT2D eigenvalue weighted by molar-refractivity contribution is 7.89. The van der Waals surface area contributed by atoms with E-state index in [4.69, 9.17) is 9.47 Å². The number of nitrogens with one attached hydrogen (secondary N) is 1. The maximum Gasteiger partial charge on any atom is 0.257 e. The van der Waals surface area contributed by atoms with E-state index < -0.39 is 15.9 Å². The van der Waals surface area contributed by atoms with E-state index in [2.05, 4.69) is 15.4 Å². The van der Waals surface area contributed by atoms with Gasteiger partial charge in [0.1, 0.15) is 5.75 Å². The van der Waals surface area contributed by atoms with Crippen molar-refractivity contribution in [3.8, 4) is 11.6 Å². The van der Waals surface area contributed by atoms with E-state index >= 15 is 0 Å². The first-order valence-electron chi connectivity index (χ1n) is 10.5. The largest absolute Gasteiger partial charge is 0.489 e. The van der Waals surface area contributed by atoms with Crippen LogP contribution in [-0.4, -0.2) is 65.8 Å². The molecule has 3 aromatic rings. The summed E-state index contributed by atoms with van der Waals surface area (Å²) >= 11 is 0. The zero-order chi connectivity index (χ0) is 23.4. The summed E-state index contributed by atoms with van der Waals surface area (Å²) in [6.07, 6.45) is 4.65. The molecule has 1 aliphatic rings. The first-order chi connectivity index (χ1) is 15.8. The van der Waals surface area contributed by atoms with Gasteiger partial charge in [-0.1, -0.05) is 0 Å². The molecule has 3 heterocycles. The van der Waals surface area contributed by atoms with Crippen LogP contribution in [0.25, 0.3) is 5.82 Å². The van der Waals surface area contributed by atoms with Crippen LogP contribution in [0.15, 0.2) is 59.9 Å². The predicted molar refractivity (Wildman–Crippen MR) is 121 cm³/mol. The number of benzene rings is 1. The van der Waals surface area contributed by atoms with Crippen LogP contribution in [0.4, 0.5) is 5.69 Å². The number of sulfonamides is 1. The molecule has 1 saturated heterocycles. The molecular weight excluding hydrogens is 446 g/mol. The van der Waals surface area contributed by atoms with Crippen LogP contribution in [0.3, 0.4) is 0 Å². The van der Waals surface area contributed by atoms with E-state index in [-0.39, 0.29) is 29.8 Å². The Bertz CT molecular complexity index is 1200. The Morgan fingerprint density at radius 2 is 1.97 bits per heavy atom. The normalized spacial score (nSPS) is 14.9. The molecule has 1 aliphatic heterocycles. The van der Waals surface area contributed by atoms with E-state index in [9.17, 15) is 13.2 Å². The summed E-state index contributed by atoms with van der Waals surface area (Å²) in [4.78, 5) is 17.2. The predicted octanol–water partition coefficient (Wildman–Crippen LogP) is 2.33. The molecule has 10 nitrogen and oxygen atoms in total. The van der Waals surface area contributed by atoms with Crippen LogP contribution in [0, 0.1) is 0 Å². The lowest BCUT2D eigenvalue weighted by molar-refractivity contribution is 0.0730. The van der Waals surface area contributed by atoms with Crippen molar-refractivity contribution in [1.82, 2.24) is 19.1 Å². The fraction of sp³-hybridized carbons (Fsp3) is 0.318. The third kappa shape index (κ3) is 5.21. The SMILES string of the molecule is CC(C)Oc1ccc(S(=O)(=O)N2CCOCC2)cc1NC(=O)c1ccc(-n2cccn2)nc1. The minimum atomic E-state index is -3.74. The first-order valence-corrected chi connectivity index (χ1v) is 11.9. The second kappa shape index (κ2) is 9.69. The molecule has 0 atom stereocenters. The van der Waals surface area contributed by atoms with Gasteiger partial charge in [0.2, 0.25) is 10.0 Å². The molecule has 1 aromatic carbocycles. The van der Waals surface area contributed by atoms with Crippen molar-refractivity contribution in [3.63, 3.8) is 0 Å². The zero-order valence-electron chi connectivity index (χ0n) is 18.3. The van der Waals surface area contributed by atoms with Gasteiger partial charge in [0.25, 0.3) is 5.91 Å². The average Bonchev–Trinajstić information content (AvgIpc) is 3.35. The Morgan fingerprint density at radius 1 is 1.18 bits per heavy atom. The van der Waals surface area contributed by atoms with Crippen LogP contribution < -0.4 is 10.1 Å². The molecule has 33 heavy (non-hydrogen) atoms. The van der Waals surface area contributed by atoms with Gasteiger partial charge in [0.05, 0.1) is 35.5 Å². The Kier molecular flexibility index (Phi) is 6.72. The first kappa shape index (κ1) is 22.9. The van der Waals surface area contributed by atoms with Crippen molar-refractivity contribution in [2.75, 3.05) is 31.6 Å². The number of carbonyl (C=O) groups excluding carboxylic acids is 1. The minimum Gasteiger partial charge on any atom is -0.489 e. The van der Waals surface area contributed by atoms with E-state index in [1.54, 1.807) is 41.3 Å². The number of morpholine rings is 1. The highest BCUT2D eigenvalue weighted by Gasteiger charge is 2.27. The van der Waals surface area contributed by atoms with Crippen LogP contribution in [0.5, 0.6) is 5.75 Å². The number of hydrogen-bond acceptors (Lipinski definition) is 7. The highest BCUT2D eigenvalue weighted by atomic mass is 32.2. The lowest BCUT2D eigenvalue weighted by Gasteiger charge is -2.26. The Labute approximate surface area is 192 Å². The van der Waals surface area contributed by atoms with Crippen LogP contribution in [-0.2, 0) is 14.8 Å². The number of carbonyl (C=O) groups is 1. The number of rotatable bonds is 7. The topological polar surface area (TPSA) is 116 Å². The number of aromatic nitrogens is 3. The number of nitrogens with zero attached hydrogens (tertiary/aromatic N) is 4. The molecule has 0 aliphatic carbocycles. The highest BCUT2D eigenvalue weighted by Crippen LogP contribution is 2.30. The molecule has 1 N–H and O–H groups in total. The fourth-order valence-corrected chi connectivity index (χ4v) is 4.75. The summed E-state index contributed by atoms with van der Waals surface area (Å²) in [5, 5.41) is 6.88. The summed E-state index contributed by atoms with van der Waals surface area (Å²) in [5.74, 6) is 0.503. The molecule has 11 heteroatoms. The van der Waals surface area contributed by atoms with Crippen molar-refractivity contribution in [3.05, 3.63) is 60.6 Å². The van der Waals surface area contributed by atoms with Gasteiger partial charge >= 0.3 is 0 Å². The monoisotopic (exact) mass is 471 g/mol. The Balaban J connectivity index is 1.60. The molecule has 0 saturated carbocycles. The number of anilines is 1. The van der Waals surface area contributed by atoms with Crippen LogP contribution >= 0.6 is 0 Å². The van der Waals surface area contributed by atoms with E-state index in [0.717, 1.165) is 0 Å². The second-order valence-corrected chi connectivity index (χ2v) is 9.59. The van der Waals surface area contributed by atoms with Gasteiger partial charge < -0.3 is 14.8 Å². The molecule has 4 rings (SSSR count). The molecule has 1 fully saturated rings. The van der Waals surface area contributed by atoms with E-state index in [0.29, 0.717) is 30.3 Å². The maximum absolute atomic E-state index is 13.1. The summed E-state index contributed by atoms with van der Waals surface area (Å²) in [7, 11) is -3.74. The van der Waals surface area contributed by atoms with Gasteiger partial charge in [-0.3, -0.25) is 4.79 Å². The Morgan fingerprint density at radius 3 is 2.61 bits per heavy atom. The molecule has 1 amide bonds. The number of amides is 1. The smallest absolute Gasteiger partial charge is 0.257 e. The zero-order valence-corrected chi connectivity index (χ0v) is 19.2. The second-order valence-electron chi connectivity index (χ2n) is 7.65. The van der Waals surface area contributed by atoms with Gasteiger partial charge in [0, 0.05) is 31.7 Å². The third-order valence-electron chi connectivity index (χ3n) is 4.92. The average molecular weight is 472 g/mol. The molecule has 0 spiro atoms. The van der Waals surface area contributed by atoms with Gasteiger partial charge in [-0.2, -0.15) is 9.40 Å². The third-order valence-corrected chi connectivity index (χ3v) is 6.81. The van der Waals surface area contributed by atoms with Crippen molar-refractivity contribution >= 4 is 21.6 Å². The van der Waals surface area contributed by atoms with Crippen molar-refractivity contribution in [2.24, 2.45) is 0 Å². The molecule has 0 unspecified atom stereocenters. The van der Waals surface area contributed by atoms with Crippen LogP contribution in [0.1, 0.15) is 24.2 Å².